The van der Waals surface area contributed by atoms with E-state index in [1.165, 1.54) is 24.6 Å². The number of anilines is 1. The zero-order chi connectivity index (χ0) is 29.1. The molecule has 212 valence electrons. The van der Waals surface area contributed by atoms with E-state index in [1.54, 1.807) is 13.1 Å². The van der Waals surface area contributed by atoms with Crippen LogP contribution in [0, 0.1) is 0 Å². The molecular formula is C33H31N5O4. The lowest BCUT2D eigenvalue weighted by Crippen LogP contribution is -2.19. The number of hydrogen-bond donors (Lipinski definition) is 3. The largest absolute Gasteiger partial charge is 0.478 e. The number of carbonyl (C=O) groups excluding carboxylic acids is 1. The maximum absolute atomic E-state index is 11.6. The highest BCUT2D eigenvalue weighted by molar-refractivity contribution is 6.03. The van der Waals surface area contributed by atoms with Crippen LogP contribution < -0.4 is 10.2 Å². The fraction of sp³-hybridized carbons (Fsp3) is 0.212. The van der Waals surface area contributed by atoms with Gasteiger partial charge in [-0.05, 0) is 54.3 Å². The Kier molecular flexibility index (Phi) is 7.55. The van der Waals surface area contributed by atoms with Crippen LogP contribution in [-0.2, 0) is 14.4 Å². The van der Waals surface area contributed by atoms with Crippen molar-refractivity contribution in [3.63, 3.8) is 0 Å². The van der Waals surface area contributed by atoms with E-state index in [4.69, 9.17) is 9.82 Å². The van der Waals surface area contributed by atoms with Crippen LogP contribution in [0.25, 0.3) is 40.0 Å². The highest BCUT2D eigenvalue weighted by atomic mass is 16.7. The number of carbonyl (C=O) groups is 2. The van der Waals surface area contributed by atoms with E-state index in [-0.39, 0.29) is 12.3 Å². The van der Waals surface area contributed by atoms with Crippen LogP contribution >= 0.6 is 0 Å². The molecule has 1 amide bonds. The first-order valence-electron chi connectivity index (χ1n) is 14.0. The Hall–Kier alpha value is -5.18. The van der Waals surface area contributed by atoms with Crippen LogP contribution in [0.5, 0.6) is 0 Å². The quantitative estimate of drug-likeness (QED) is 0.250. The van der Waals surface area contributed by atoms with Crippen molar-refractivity contribution in [2.45, 2.75) is 25.4 Å². The van der Waals surface area contributed by atoms with Gasteiger partial charge in [-0.3, -0.25) is 4.79 Å². The molecule has 0 spiro atoms. The molecule has 1 atom stereocenters. The first-order valence-corrected chi connectivity index (χ1v) is 14.0. The minimum Gasteiger partial charge on any atom is -0.478 e. The van der Waals surface area contributed by atoms with Gasteiger partial charge in [-0.15, -0.1) is 0 Å². The predicted molar refractivity (Wildman–Crippen MR) is 163 cm³/mol. The third-order valence-corrected chi connectivity index (χ3v) is 7.62. The van der Waals surface area contributed by atoms with Crippen LogP contribution in [0.4, 0.5) is 5.69 Å². The maximum atomic E-state index is 11.6. The molecule has 4 aromatic rings. The first-order chi connectivity index (χ1) is 20.5. The number of H-pyrrole nitrogens is 1. The van der Waals surface area contributed by atoms with Crippen LogP contribution in [0.2, 0.25) is 0 Å². The molecule has 1 fully saturated rings. The number of likely N-dealkylation sites (N-methyl/N-ethyl adjacent to an activating group) is 1. The average Bonchev–Trinajstić information content (AvgIpc) is 3.82. The number of hydrogen-bond acceptors (Lipinski definition) is 6. The van der Waals surface area contributed by atoms with Crippen LogP contribution in [0.1, 0.15) is 30.4 Å². The van der Waals surface area contributed by atoms with E-state index in [0.29, 0.717) is 5.71 Å². The van der Waals surface area contributed by atoms with Crippen molar-refractivity contribution in [2.75, 3.05) is 25.0 Å². The minimum absolute atomic E-state index is 0.160. The molecule has 1 unspecified atom stereocenters. The molecule has 0 bridgehead atoms. The number of nitrogens with zero attached hydrogens (tertiary/aromatic N) is 3. The molecule has 42 heavy (non-hydrogen) atoms. The van der Waals surface area contributed by atoms with Gasteiger partial charge >= 0.3 is 5.97 Å². The van der Waals surface area contributed by atoms with E-state index in [2.05, 4.69) is 44.6 Å². The molecule has 2 aliphatic heterocycles. The number of nitrogens with one attached hydrogen (secondary N) is 2. The van der Waals surface area contributed by atoms with E-state index in [1.807, 2.05) is 48.5 Å². The monoisotopic (exact) mass is 561 g/mol. The van der Waals surface area contributed by atoms with Crippen molar-refractivity contribution in [1.82, 2.24) is 15.3 Å². The van der Waals surface area contributed by atoms with Gasteiger partial charge in [-0.2, -0.15) is 0 Å². The Bertz CT molecular complexity index is 1650. The van der Waals surface area contributed by atoms with Crippen molar-refractivity contribution < 1.29 is 19.5 Å². The average molecular weight is 562 g/mol. The SMILES string of the molecule is CNC(=O)/C=C/c1ccc(-c2[nH]c(-c3ccc(N4CCCC4)cc3)nc2-c2ccc(C3=NOC(C(=O)O)C3)cc2)cc1. The number of aromatic amines is 1. The molecule has 9 nitrogen and oxygen atoms in total. The second kappa shape index (κ2) is 11.7. The number of oxime groups is 1. The van der Waals surface area contributed by atoms with Crippen molar-refractivity contribution in [2.24, 2.45) is 5.16 Å². The first kappa shape index (κ1) is 27.0. The molecule has 3 N–H and O–H groups in total. The van der Waals surface area contributed by atoms with Gasteiger partial charge in [0, 0.05) is 55.0 Å². The number of imidazole rings is 1. The molecule has 3 aromatic carbocycles. The highest BCUT2D eigenvalue weighted by Gasteiger charge is 2.28. The van der Waals surface area contributed by atoms with Gasteiger partial charge in [0.15, 0.2) is 0 Å². The topological polar surface area (TPSA) is 120 Å². The summed E-state index contributed by atoms with van der Waals surface area (Å²) in [5.41, 5.74) is 8.06. The summed E-state index contributed by atoms with van der Waals surface area (Å²) in [4.78, 5) is 38.9. The van der Waals surface area contributed by atoms with Crippen molar-refractivity contribution in [3.8, 4) is 33.9 Å². The predicted octanol–water partition coefficient (Wildman–Crippen LogP) is 5.35. The lowest BCUT2D eigenvalue weighted by molar-refractivity contribution is -0.148. The maximum Gasteiger partial charge on any atom is 0.348 e. The summed E-state index contributed by atoms with van der Waals surface area (Å²) in [6, 6.07) is 24.2. The van der Waals surface area contributed by atoms with Gasteiger partial charge in [0.05, 0.1) is 17.1 Å². The van der Waals surface area contributed by atoms with Crippen LogP contribution in [0.3, 0.4) is 0 Å². The molecule has 0 radical (unpaired) electrons. The molecule has 9 heteroatoms. The number of benzene rings is 3. The van der Waals surface area contributed by atoms with E-state index in [9.17, 15) is 14.7 Å². The second-order valence-electron chi connectivity index (χ2n) is 10.4. The number of carboxylic acids is 1. The number of aromatic nitrogens is 2. The molecule has 1 saturated heterocycles. The molecule has 1 aromatic heterocycles. The lowest BCUT2D eigenvalue weighted by atomic mass is 10.00. The van der Waals surface area contributed by atoms with Crippen LogP contribution in [-0.4, -0.2) is 58.9 Å². The Labute approximate surface area is 243 Å². The summed E-state index contributed by atoms with van der Waals surface area (Å²) in [6.07, 6.45) is 5.00. The Morgan fingerprint density at radius 2 is 1.57 bits per heavy atom. The molecule has 2 aliphatic rings. The summed E-state index contributed by atoms with van der Waals surface area (Å²) >= 11 is 0. The fourth-order valence-corrected chi connectivity index (χ4v) is 5.25. The molecular weight excluding hydrogens is 530 g/mol. The number of carboxylic acid groups (broad SMARTS) is 1. The molecule has 6 rings (SSSR count). The Morgan fingerprint density at radius 1 is 0.929 bits per heavy atom. The normalized spacial score (nSPS) is 16.5. The summed E-state index contributed by atoms with van der Waals surface area (Å²) in [7, 11) is 1.60. The van der Waals surface area contributed by atoms with Crippen molar-refractivity contribution in [3.05, 3.63) is 90.0 Å². The molecule has 3 heterocycles. The second-order valence-corrected chi connectivity index (χ2v) is 10.4. The van der Waals surface area contributed by atoms with E-state index < -0.39 is 12.1 Å². The van der Waals surface area contributed by atoms with E-state index in [0.717, 1.165) is 58.1 Å². The highest BCUT2D eigenvalue weighted by Crippen LogP contribution is 2.34. The van der Waals surface area contributed by atoms with Gasteiger partial charge in [-0.1, -0.05) is 53.7 Å². The third kappa shape index (κ3) is 5.67. The van der Waals surface area contributed by atoms with Gasteiger partial charge in [0.1, 0.15) is 5.82 Å². The van der Waals surface area contributed by atoms with E-state index >= 15 is 0 Å². The minimum atomic E-state index is -1.03. The van der Waals surface area contributed by atoms with Gasteiger partial charge in [0.2, 0.25) is 12.0 Å². The van der Waals surface area contributed by atoms with Gasteiger partial charge in [-0.25, -0.2) is 9.78 Å². The lowest BCUT2D eigenvalue weighted by Gasteiger charge is -2.17. The van der Waals surface area contributed by atoms with Gasteiger partial charge in [0.25, 0.3) is 0 Å². The number of aliphatic carboxylic acids is 1. The molecule has 0 aliphatic carbocycles. The Morgan fingerprint density at radius 3 is 2.21 bits per heavy atom. The smallest absolute Gasteiger partial charge is 0.348 e. The summed E-state index contributed by atoms with van der Waals surface area (Å²) < 4.78 is 0. The Balaban J connectivity index is 1.33. The number of amides is 1. The zero-order valence-corrected chi connectivity index (χ0v) is 23.2. The van der Waals surface area contributed by atoms with Crippen molar-refractivity contribution >= 4 is 29.4 Å². The summed E-state index contributed by atoms with van der Waals surface area (Å²) in [6.45, 7) is 2.18. The van der Waals surface area contributed by atoms with Gasteiger partial charge < -0.3 is 25.1 Å². The third-order valence-electron chi connectivity index (χ3n) is 7.62. The molecule has 0 saturated carbocycles. The summed E-state index contributed by atoms with van der Waals surface area (Å²) in [5.74, 6) is -0.423. The van der Waals surface area contributed by atoms with Crippen molar-refractivity contribution in [1.29, 1.82) is 0 Å². The fourth-order valence-electron chi connectivity index (χ4n) is 5.25. The standard InChI is InChI=1S/C33H31N5O4/c1-34-29(39)17-6-21-4-7-23(8-5-21)30-31(24-11-9-22(10-12-24)27-20-28(33(40)41)42-37-27)36-32(35-30)25-13-15-26(16-14-25)38-18-2-3-19-38/h4-17,28H,2-3,18-20H2,1H3,(H,34,39)(H,35,36)(H,40,41)/b17-6+. The van der Waals surface area contributed by atoms with Crippen LogP contribution in [0.15, 0.2) is 84.0 Å². The zero-order valence-electron chi connectivity index (χ0n) is 23.2. The number of rotatable bonds is 8. The summed E-state index contributed by atoms with van der Waals surface area (Å²) in [5, 5.41) is 15.8.